The molecule has 0 saturated carbocycles. The van der Waals surface area contributed by atoms with E-state index in [0.29, 0.717) is 6.61 Å². The van der Waals surface area contributed by atoms with Crippen LogP contribution in [0.25, 0.3) is 0 Å². The summed E-state index contributed by atoms with van der Waals surface area (Å²) in [6.07, 6.45) is 0. The largest absolute Gasteiger partial charge is 0.497 e. The Morgan fingerprint density at radius 2 is 1.71 bits per heavy atom. The van der Waals surface area contributed by atoms with Gasteiger partial charge in [-0.15, -0.1) is 0 Å². The van der Waals surface area contributed by atoms with E-state index >= 15 is 0 Å². The highest BCUT2D eigenvalue weighted by Gasteiger charge is 2.00. The summed E-state index contributed by atoms with van der Waals surface area (Å²) in [6.45, 7) is 2.67. The summed E-state index contributed by atoms with van der Waals surface area (Å²) in [6, 6.07) is 15.9. The second-order valence-corrected chi connectivity index (χ2v) is 3.89. The van der Waals surface area contributed by atoms with E-state index in [0.717, 1.165) is 11.5 Å². The first-order chi connectivity index (χ1) is 8.29. The van der Waals surface area contributed by atoms with Crippen LogP contribution >= 0.6 is 0 Å². The summed E-state index contributed by atoms with van der Waals surface area (Å²) >= 11 is 0. The van der Waals surface area contributed by atoms with E-state index in [9.17, 15) is 0 Å². The molecular weight excluding hydrogens is 212 g/mol. The van der Waals surface area contributed by atoms with Gasteiger partial charge < -0.3 is 9.47 Å². The molecule has 0 heterocycles. The molecule has 0 radical (unpaired) electrons. The summed E-state index contributed by atoms with van der Waals surface area (Å²) < 4.78 is 10.9. The van der Waals surface area contributed by atoms with Crippen LogP contribution in [0.1, 0.15) is 11.1 Å². The monoisotopic (exact) mass is 228 g/mol. The predicted octanol–water partition coefficient (Wildman–Crippen LogP) is 3.58. The first kappa shape index (κ1) is 11.5. The van der Waals surface area contributed by atoms with Gasteiger partial charge in [-0.2, -0.15) is 0 Å². The maximum atomic E-state index is 5.74. The molecular formula is C15H16O2. The zero-order chi connectivity index (χ0) is 12.1. The Morgan fingerprint density at radius 3 is 2.47 bits per heavy atom. The van der Waals surface area contributed by atoms with Crippen LogP contribution in [-0.2, 0) is 6.61 Å². The van der Waals surface area contributed by atoms with Crippen LogP contribution in [0, 0.1) is 6.92 Å². The van der Waals surface area contributed by atoms with Crippen molar-refractivity contribution in [3.05, 3.63) is 59.7 Å². The summed E-state index contributed by atoms with van der Waals surface area (Å²) in [7, 11) is 1.65. The average Bonchev–Trinajstić information content (AvgIpc) is 2.38. The molecule has 0 aliphatic heterocycles. The van der Waals surface area contributed by atoms with Gasteiger partial charge in [0, 0.05) is 6.07 Å². The number of rotatable bonds is 4. The second kappa shape index (κ2) is 5.39. The number of hydrogen-bond donors (Lipinski definition) is 0. The van der Waals surface area contributed by atoms with Crippen molar-refractivity contribution in [3.8, 4) is 11.5 Å². The minimum Gasteiger partial charge on any atom is -0.497 e. The van der Waals surface area contributed by atoms with Crippen LogP contribution < -0.4 is 9.47 Å². The van der Waals surface area contributed by atoms with E-state index in [1.807, 2.05) is 36.4 Å². The molecule has 2 aromatic carbocycles. The van der Waals surface area contributed by atoms with E-state index in [4.69, 9.17) is 9.47 Å². The van der Waals surface area contributed by atoms with Gasteiger partial charge in [-0.1, -0.05) is 30.3 Å². The van der Waals surface area contributed by atoms with Gasteiger partial charge >= 0.3 is 0 Å². The molecule has 2 nitrogen and oxygen atoms in total. The number of hydrogen-bond acceptors (Lipinski definition) is 2. The summed E-state index contributed by atoms with van der Waals surface area (Å²) in [5, 5.41) is 0. The average molecular weight is 228 g/mol. The Hall–Kier alpha value is -1.96. The summed E-state index contributed by atoms with van der Waals surface area (Å²) in [5.41, 5.74) is 2.45. The first-order valence-electron chi connectivity index (χ1n) is 5.61. The number of benzene rings is 2. The van der Waals surface area contributed by atoms with Crippen molar-refractivity contribution in [1.82, 2.24) is 0 Å². The van der Waals surface area contributed by atoms with Crippen molar-refractivity contribution < 1.29 is 9.47 Å². The fourth-order valence-corrected chi connectivity index (χ4v) is 1.62. The number of methoxy groups -OCH3 is 1. The van der Waals surface area contributed by atoms with Crippen LogP contribution in [0.3, 0.4) is 0 Å². The molecule has 0 bridgehead atoms. The Labute approximate surface area is 102 Å². The Morgan fingerprint density at radius 1 is 0.941 bits per heavy atom. The Balaban J connectivity index is 2.05. The zero-order valence-electron chi connectivity index (χ0n) is 10.1. The molecule has 88 valence electrons. The third kappa shape index (κ3) is 3.00. The fraction of sp³-hybridized carbons (Fsp3) is 0.200. The molecule has 0 aliphatic rings. The quantitative estimate of drug-likeness (QED) is 0.796. The SMILES string of the molecule is COc1cccc(OCc2ccccc2C)c1. The van der Waals surface area contributed by atoms with Crippen LogP contribution in [-0.4, -0.2) is 7.11 Å². The molecule has 0 amide bonds. The van der Waals surface area contributed by atoms with Gasteiger partial charge in [0.25, 0.3) is 0 Å². The van der Waals surface area contributed by atoms with Gasteiger partial charge in [0.05, 0.1) is 7.11 Å². The predicted molar refractivity (Wildman–Crippen MR) is 68.5 cm³/mol. The van der Waals surface area contributed by atoms with Crippen molar-refractivity contribution in [2.24, 2.45) is 0 Å². The molecule has 2 aromatic rings. The van der Waals surface area contributed by atoms with E-state index < -0.39 is 0 Å². The van der Waals surface area contributed by atoms with Gasteiger partial charge in [-0.05, 0) is 30.2 Å². The molecule has 0 aromatic heterocycles. The molecule has 0 N–H and O–H groups in total. The minimum absolute atomic E-state index is 0.583. The van der Waals surface area contributed by atoms with Crippen molar-refractivity contribution >= 4 is 0 Å². The van der Waals surface area contributed by atoms with Crippen LogP contribution in [0.5, 0.6) is 11.5 Å². The Bertz CT molecular complexity index is 492. The molecule has 2 heteroatoms. The molecule has 0 spiro atoms. The minimum atomic E-state index is 0.583. The maximum absolute atomic E-state index is 5.74. The number of ether oxygens (including phenoxy) is 2. The lowest BCUT2D eigenvalue weighted by atomic mass is 10.1. The number of aryl methyl sites for hydroxylation is 1. The van der Waals surface area contributed by atoms with Gasteiger partial charge in [0.1, 0.15) is 18.1 Å². The topological polar surface area (TPSA) is 18.5 Å². The molecule has 0 aliphatic carbocycles. The fourth-order valence-electron chi connectivity index (χ4n) is 1.62. The van der Waals surface area contributed by atoms with Crippen LogP contribution in [0.4, 0.5) is 0 Å². The molecule has 0 unspecified atom stereocenters. The van der Waals surface area contributed by atoms with Gasteiger partial charge in [-0.25, -0.2) is 0 Å². The second-order valence-electron chi connectivity index (χ2n) is 3.89. The third-order valence-electron chi connectivity index (χ3n) is 2.70. The first-order valence-corrected chi connectivity index (χ1v) is 5.61. The lowest BCUT2D eigenvalue weighted by molar-refractivity contribution is 0.303. The maximum Gasteiger partial charge on any atom is 0.123 e. The highest BCUT2D eigenvalue weighted by molar-refractivity contribution is 5.33. The van der Waals surface area contributed by atoms with Crippen molar-refractivity contribution in [2.45, 2.75) is 13.5 Å². The van der Waals surface area contributed by atoms with Gasteiger partial charge in [-0.3, -0.25) is 0 Å². The van der Waals surface area contributed by atoms with Crippen molar-refractivity contribution in [2.75, 3.05) is 7.11 Å². The van der Waals surface area contributed by atoms with E-state index in [2.05, 4.69) is 19.1 Å². The smallest absolute Gasteiger partial charge is 0.123 e. The van der Waals surface area contributed by atoms with Crippen molar-refractivity contribution in [3.63, 3.8) is 0 Å². The molecule has 17 heavy (non-hydrogen) atoms. The normalized spacial score (nSPS) is 10.0. The van der Waals surface area contributed by atoms with E-state index in [1.165, 1.54) is 11.1 Å². The zero-order valence-corrected chi connectivity index (χ0v) is 10.1. The molecule has 0 fully saturated rings. The van der Waals surface area contributed by atoms with E-state index in [-0.39, 0.29) is 0 Å². The summed E-state index contributed by atoms with van der Waals surface area (Å²) in [5.74, 6) is 1.64. The lowest BCUT2D eigenvalue weighted by Crippen LogP contribution is -1.97. The van der Waals surface area contributed by atoms with E-state index in [1.54, 1.807) is 7.11 Å². The molecule has 0 saturated heterocycles. The third-order valence-corrected chi connectivity index (χ3v) is 2.70. The lowest BCUT2D eigenvalue weighted by Gasteiger charge is -2.09. The van der Waals surface area contributed by atoms with Gasteiger partial charge in [0.2, 0.25) is 0 Å². The van der Waals surface area contributed by atoms with Crippen LogP contribution in [0.2, 0.25) is 0 Å². The van der Waals surface area contributed by atoms with Crippen LogP contribution in [0.15, 0.2) is 48.5 Å². The van der Waals surface area contributed by atoms with Gasteiger partial charge in [0.15, 0.2) is 0 Å². The highest BCUT2D eigenvalue weighted by atomic mass is 16.5. The highest BCUT2D eigenvalue weighted by Crippen LogP contribution is 2.20. The van der Waals surface area contributed by atoms with Crippen molar-refractivity contribution in [1.29, 1.82) is 0 Å². The molecule has 0 atom stereocenters. The summed E-state index contributed by atoms with van der Waals surface area (Å²) in [4.78, 5) is 0. The molecule has 2 rings (SSSR count). The Kier molecular flexibility index (Phi) is 3.66. The standard InChI is InChI=1S/C15H16O2/c1-12-6-3-4-7-13(12)11-17-15-9-5-8-14(10-15)16-2/h3-10H,11H2,1-2H3.